The Morgan fingerprint density at radius 1 is 1.26 bits per heavy atom. The molecule has 1 atom stereocenters. The largest absolute Gasteiger partial charge is 0.451 e. The summed E-state index contributed by atoms with van der Waals surface area (Å²) in [4.78, 5) is 41.7. The number of hydrogen-bond donors (Lipinski definition) is 1. The summed E-state index contributed by atoms with van der Waals surface area (Å²) in [5.74, 6) is -1.61. The van der Waals surface area contributed by atoms with E-state index in [1.165, 1.54) is 16.2 Å². The van der Waals surface area contributed by atoms with Crippen molar-refractivity contribution in [1.29, 1.82) is 0 Å². The molecule has 1 aromatic heterocycles. The number of piperidine rings is 1. The fourth-order valence-corrected chi connectivity index (χ4v) is 3.80. The highest BCUT2D eigenvalue weighted by Gasteiger charge is 2.31. The van der Waals surface area contributed by atoms with Crippen molar-refractivity contribution >= 4 is 29.1 Å². The number of hydrogen-bond acceptors (Lipinski definition) is 6. The topological polar surface area (TPSA) is 103 Å². The van der Waals surface area contributed by atoms with Gasteiger partial charge in [0.25, 0.3) is 5.91 Å². The summed E-state index contributed by atoms with van der Waals surface area (Å²) in [6.07, 6.45) is 2.19. The summed E-state index contributed by atoms with van der Waals surface area (Å²) in [5, 5.41) is 2.31. The SMILES string of the molecule is Cc1ccc(-c2nc(C(=O)OCC(=O)N3CCCC[C@@H]3C(N)=O)cs2)cc1. The van der Waals surface area contributed by atoms with Gasteiger partial charge < -0.3 is 15.4 Å². The molecule has 1 saturated heterocycles. The number of benzene rings is 1. The molecule has 2 N–H and O–H groups in total. The number of carbonyl (C=O) groups is 3. The number of aromatic nitrogens is 1. The van der Waals surface area contributed by atoms with E-state index >= 15 is 0 Å². The van der Waals surface area contributed by atoms with Crippen LogP contribution in [0.15, 0.2) is 29.6 Å². The third-order valence-electron chi connectivity index (χ3n) is 4.49. The minimum absolute atomic E-state index is 0.161. The van der Waals surface area contributed by atoms with Gasteiger partial charge in [0.05, 0.1) is 0 Å². The third-order valence-corrected chi connectivity index (χ3v) is 5.38. The van der Waals surface area contributed by atoms with Crippen LogP contribution in [0.25, 0.3) is 10.6 Å². The van der Waals surface area contributed by atoms with Crippen molar-refractivity contribution in [2.75, 3.05) is 13.2 Å². The van der Waals surface area contributed by atoms with Crippen LogP contribution in [-0.2, 0) is 14.3 Å². The van der Waals surface area contributed by atoms with Crippen LogP contribution in [0.4, 0.5) is 0 Å². The lowest BCUT2D eigenvalue weighted by atomic mass is 10.0. The predicted molar refractivity (Wildman–Crippen MR) is 101 cm³/mol. The van der Waals surface area contributed by atoms with E-state index in [4.69, 9.17) is 10.5 Å². The first-order valence-electron chi connectivity index (χ1n) is 8.74. The average Bonchev–Trinajstić information content (AvgIpc) is 3.16. The number of esters is 1. The van der Waals surface area contributed by atoms with Crippen LogP contribution in [-0.4, -0.2) is 46.9 Å². The second kappa shape index (κ2) is 8.30. The van der Waals surface area contributed by atoms with E-state index in [0.717, 1.165) is 24.0 Å². The van der Waals surface area contributed by atoms with Crippen LogP contribution in [0.3, 0.4) is 0 Å². The van der Waals surface area contributed by atoms with E-state index in [0.29, 0.717) is 18.0 Å². The molecule has 1 aliphatic heterocycles. The fraction of sp³-hybridized carbons (Fsp3) is 0.368. The van der Waals surface area contributed by atoms with E-state index in [1.807, 2.05) is 31.2 Å². The number of likely N-dealkylation sites (tertiary alicyclic amines) is 1. The zero-order valence-corrected chi connectivity index (χ0v) is 15.8. The molecule has 0 bridgehead atoms. The number of amides is 2. The minimum atomic E-state index is -0.661. The second-order valence-corrected chi connectivity index (χ2v) is 7.34. The number of nitrogens with zero attached hydrogens (tertiary/aromatic N) is 2. The number of carbonyl (C=O) groups excluding carboxylic acids is 3. The van der Waals surface area contributed by atoms with Gasteiger partial charge in [-0.15, -0.1) is 11.3 Å². The van der Waals surface area contributed by atoms with Crippen LogP contribution >= 0.6 is 11.3 Å². The molecule has 0 radical (unpaired) electrons. The fourth-order valence-electron chi connectivity index (χ4n) is 3.01. The summed E-state index contributed by atoms with van der Waals surface area (Å²) in [5.41, 5.74) is 7.58. The third kappa shape index (κ3) is 4.51. The zero-order chi connectivity index (χ0) is 19.4. The Hall–Kier alpha value is -2.74. The summed E-state index contributed by atoms with van der Waals surface area (Å²) in [6.45, 7) is 2.01. The van der Waals surface area contributed by atoms with Crippen molar-refractivity contribution < 1.29 is 19.1 Å². The molecule has 0 saturated carbocycles. The highest BCUT2D eigenvalue weighted by atomic mass is 32.1. The van der Waals surface area contributed by atoms with Gasteiger partial charge in [-0.25, -0.2) is 9.78 Å². The Bertz CT molecular complexity index is 847. The van der Waals surface area contributed by atoms with Crippen molar-refractivity contribution in [1.82, 2.24) is 9.88 Å². The molecule has 3 rings (SSSR count). The van der Waals surface area contributed by atoms with E-state index < -0.39 is 30.4 Å². The number of rotatable bonds is 5. The van der Waals surface area contributed by atoms with Crippen molar-refractivity contribution in [3.05, 3.63) is 40.9 Å². The molecular weight excluding hydrogens is 366 g/mol. The number of primary amides is 1. The second-order valence-electron chi connectivity index (χ2n) is 6.48. The maximum atomic E-state index is 12.3. The van der Waals surface area contributed by atoms with Crippen molar-refractivity contribution in [2.45, 2.75) is 32.2 Å². The summed E-state index contributed by atoms with van der Waals surface area (Å²) in [6, 6.07) is 7.19. The highest BCUT2D eigenvalue weighted by Crippen LogP contribution is 2.24. The molecule has 1 aliphatic rings. The van der Waals surface area contributed by atoms with Gasteiger partial charge in [-0.1, -0.05) is 29.8 Å². The van der Waals surface area contributed by atoms with Crippen LogP contribution in [0, 0.1) is 6.92 Å². The smallest absolute Gasteiger partial charge is 0.358 e. The van der Waals surface area contributed by atoms with E-state index in [1.54, 1.807) is 5.38 Å². The quantitative estimate of drug-likeness (QED) is 0.792. The van der Waals surface area contributed by atoms with Gasteiger partial charge >= 0.3 is 5.97 Å². The molecule has 0 unspecified atom stereocenters. The first kappa shape index (κ1) is 19.0. The van der Waals surface area contributed by atoms with Gasteiger partial charge in [-0.2, -0.15) is 0 Å². The van der Waals surface area contributed by atoms with Crippen molar-refractivity contribution in [2.24, 2.45) is 5.73 Å². The Morgan fingerprint density at radius 3 is 2.70 bits per heavy atom. The van der Waals surface area contributed by atoms with Crippen molar-refractivity contribution in [3.63, 3.8) is 0 Å². The van der Waals surface area contributed by atoms with Gasteiger partial charge in [0.1, 0.15) is 11.0 Å². The lowest BCUT2D eigenvalue weighted by Gasteiger charge is -2.33. The lowest BCUT2D eigenvalue weighted by molar-refractivity contribution is -0.143. The number of nitrogens with two attached hydrogens (primary N) is 1. The number of thiazole rings is 1. The average molecular weight is 387 g/mol. The normalized spacial score (nSPS) is 16.8. The van der Waals surface area contributed by atoms with Crippen LogP contribution in [0.2, 0.25) is 0 Å². The number of aryl methyl sites for hydroxylation is 1. The van der Waals surface area contributed by atoms with Gasteiger partial charge in [0.2, 0.25) is 5.91 Å². The van der Waals surface area contributed by atoms with Crippen LogP contribution < -0.4 is 5.73 Å². The molecule has 142 valence electrons. The Morgan fingerprint density at radius 2 is 2.00 bits per heavy atom. The Kier molecular flexibility index (Phi) is 5.85. The Balaban J connectivity index is 1.60. The molecule has 8 heteroatoms. The Labute approximate surface area is 161 Å². The van der Waals surface area contributed by atoms with Gasteiger partial charge in [0, 0.05) is 17.5 Å². The summed E-state index contributed by atoms with van der Waals surface area (Å²) in [7, 11) is 0. The lowest BCUT2D eigenvalue weighted by Crippen LogP contribution is -2.51. The molecule has 2 amide bonds. The highest BCUT2D eigenvalue weighted by molar-refractivity contribution is 7.13. The molecule has 1 fully saturated rings. The van der Waals surface area contributed by atoms with E-state index in [-0.39, 0.29) is 5.69 Å². The van der Waals surface area contributed by atoms with E-state index in [9.17, 15) is 14.4 Å². The minimum Gasteiger partial charge on any atom is -0.451 e. The first-order chi connectivity index (χ1) is 13.0. The molecule has 0 spiro atoms. The van der Waals surface area contributed by atoms with Gasteiger partial charge in [-0.3, -0.25) is 9.59 Å². The number of ether oxygens (including phenoxy) is 1. The van der Waals surface area contributed by atoms with Crippen molar-refractivity contribution in [3.8, 4) is 10.6 Å². The zero-order valence-electron chi connectivity index (χ0n) is 15.0. The monoisotopic (exact) mass is 387 g/mol. The molecule has 2 aromatic rings. The molecule has 7 nitrogen and oxygen atoms in total. The molecule has 27 heavy (non-hydrogen) atoms. The first-order valence-corrected chi connectivity index (χ1v) is 9.62. The predicted octanol–water partition coefficient (Wildman–Crippen LogP) is 2.14. The molecule has 2 heterocycles. The van der Waals surface area contributed by atoms with E-state index in [2.05, 4.69) is 4.98 Å². The summed E-state index contributed by atoms with van der Waals surface area (Å²) >= 11 is 1.33. The van der Waals surface area contributed by atoms with Crippen LogP contribution in [0.5, 0.6) is 0 Å². The molecule has 0 aliphatic carbocycles. The maximum absolute atomic E-state index is 12.3. The van der Waals surface area contributed by atoms with Gasteiger partial charge in [0.15, 0.2) is 12.3 Å². The van der Waals surface area contributed by atoms with Gasteiger partial charge in [-0.05, 0) is 26.2 Å². The van der Waals surface area contributed by atoms with Crippen LogP contribution in [0.1, 0.15) is 35.3 Å². The summed E-state index contributed by atoms with van der Waals surface area (Å²) < 4.78 is 5.10. The maximum Gasteiger partial charge on any atom is 0.358 e. The standard InChI is InChI=1S/C19H21N3O4S/c1-12-5-7-13(8-6-12)18-21-14(11-27-18)19(25)26-10-16(23)22-9-3-2-4-15(22)17(20)24/h5-8,11,15H,2-4,9-10H2,1H3,(H2,20,24)/t15-/m1/s1. The molecule has 1 aromatic carbocycles. The molecular formula is C19H21N3O4S.